The summed E-state index contributed by atoms with van der Waals surface area (Å²) in [6.45, 7) is 3.23. The van der Waals surface area contributed by atoms with Crippen molar-refractivity contribution in [3.8, 4) is 17.2 Å². The molecule has 0 spiro atoms. The van der Waals surface area contributed by atoms with Gasteiger partial charge < -0.3 is 19.1 Å². The van der Waals surface area contributed by atoms with Crippen molar-refractivity contribution in [2.45, 2.75) is 0 Å². The number of rotatable bonds is 4. The summed E-state index contributed by atoms with van der Waals surface area (Å²) >= 11 is 0. The van der Waals surface area contributed by atoms with Gasteiger partial charge in [0.2, 0.25) is 0 Å². The minimum absolute atomic E-state index is 0.617. The molecule has 2 aromatic carbocycles. The molecule has 0 N–H and O–H groups in total. The maximum absolute atomic E-state index is 5.50. The summed E-state index contributed by atoms with van der Waals surface area (Å²) in [7, 11) is 3.23. The van der Waals surface area contributed by atoms with Gasteiger partial charge in [-0.05, 0) is 18.2 Å². The number of hydrogen-bond acceptors (Lipinski definition) is 7. The molecule has 5 rings (SSSR count). The van der Waals surface area contributed by atoms with Crippen LogP contribution < -0.4 is 14.4 Å². The largest absolute Gasteiger partial charge is 0.493 e. The molecular formula is C21H21N5O3. The van der Waals surface area contributed by atoms with Crippen molar-refractivity contribution < 1.29 is 14.2 Å². The molecule has 0 atom stereocenters. The lowest BCUT2D eigenvalue weighted by Gasteiger charge is -2.29. The van der Waals surface area contributed by atoms with Crippen LogP contribution in [0.5, 0.6) is 11.5 Å². The number of ether oxygens (including phenoxy) is 3. The predicted molar refractivity (Wildman–Crippen MR) is 110 cm³/mol. The zero-order valence-electron chi connectivity index (χ0n) is 16.3. The quantitative estimate of drug-likeness (QED) is 0.530. The average molecular weight is 391 g/mol. The zero-order chi connectivity index (χ0) is 19.8. The van der Waals surface area contributed by atoms with E-state index < -0.39 is 0 Å². The van der Waals surface area contributed by atoms with Gasteiger partial charge in [0.05, 0.1) is 56.5 Å². The van der Waals surface area contributed by atoms with Crippen molar-refractivity contribution in [1.82, 2.24) is 20.0 Å². The number of morpholine rings is 1. The van der Waals surface area contributed by atoms with Crippen molar-refractivity contribution in [3.63, 3.8) is 0 Å². The second-order valence-corrected chi connectivity index (χ2v) is 6.82. The highest BCUT2D eigenvalue weighted by Gasteiger charge is 2.18. The van der Waals surface area contributed by atoms with Gasteiger partial charge in [0.15, 0.2) is 11.5 Å². The van der Waals surface area contributed by atoms with Gasteiger partial charge in [-0.1, -0.05) is 6.07 Å². The fourth-order valence-corrected chi connectivity index (χ4v) is 3.85. The molecule has 4 aromatic rings. The maximum atomic E-state index is 5.50. The van der Waals surface area contributed by atoms with E-state index in [9.17, 15) is 0 Å². The van der Waals surface area contributed by atoms with Crippen LogP contribution in [0.1, 0.15) is 0 Å². The first-order chi connectivity index (χ1) is 14.3. The van der Waals surface area contributed by atoms with Gasteiger partial charge in [0, 0.05) is 35.6 Å². The van der Waals surface area contributed by atoms with E-state index in [4.69, 9.17) is 14.2 Å². The summed E-state index contributed by atoms with van der Waals surface area (Å²) in [5, 5.41) is 15.1. The Bertz CT molecular complexity index is 1180. The fraction of sp³-hybridized carbons (Fsp3) is 0.286. The first kappa shape index (κ1) is 17.7. The standard InChI is InChI=1S/C21H21N5O3/c1-27-20-10-14-16(11-21(20)28-2)24-22-13-19(14)26-18-5-3-4-17(15(18)12-23-26)25-6-8-29-9-7-25/h3-5,10-13H,6-9H2,1-2H3. The molecule has 0 unspecified atom stereocenters. The Hall–Kier alpha value is -3.39. The molecule has 2 aromatic heterocycles. The molecule has 148 valence electrons. The van der Waals surface area contributed by atoms with Crippen LogP contribution in [0.4, 0.5) is 5.69 Å². The summed E-state index contributed by atoms with van der Waals surface area (Å²) in [6.07, 6.45) is 3.63. The maximum Gasteiger partial charge on any atom is 0.162 e. The van der Waals surface area contributed by atoms with E-state index >= 15 is 0 Å². The van der Waals surface area contributed by atoms with E-state index in [0.717, 1.165) is 48.3 Å². The number of methoxy groups -OCH3 is 2. The Morgan fingerprint density at radius 2 is 1.72 bits per heavy atom. The van der Waals surface area contributed by atoms with Crippen molar-refractivity contribution in [3.05, 3.63) is 42.7 Å². The molecule has 0 radical (unpaired) electrons. The molecule has 1 aliphatic heterocycles. The third-order valence-corrected chi connectivity index (χ3v) is 5.29. The number of nitrogens with zero attached hydrogens (tertiary/aromatic N) is 5. The molecular weight excluding hydrogens is 370 g/mol. The number of benzene rings is 2. The van der Waals surface area contributed by atoms with Crippen LogP contribution in [0.3, 0.4) is 0 Å². The molecule has 3 heterocycles. The SMILES string of the molecule is COc1cc2nncc(-n3ncc4c(N5CCOCC5)cccc43)c2cc1OC. The number of fused-ring (bicyclic) bond motifs is 2. The van der Waals surface area contributed by atoms with E-state index in [-0.39, 0.29) is 0 Å². The molecule has 0 bridgehead atoms. The van der Waals surface area contributed by atoms with Gasteiger partial charge in [-0.15, -0.1) is 0 Å². The minimum atomic E-state index is 0.617. The number of anilines is 1. The normalized spacial score (nSPS) is 14.5. The first-order valence-electron chi connectivity index (χ1n) is 9.47. The fourth-order valence-electron chi connectivity index (χ4n) is 3.85. The summed E-state index contributed by atoms with van der Waals surface area (Å²) < 4.78 is 18.3. The lowest BCUT2D eigenvalue weighted by Crippen LogP contribution is -2.36. The predicted octanol–water partition coefficient (Wildman–Crippen LogP) is 2.82. The van der Waals surface area contributed by atoms with Gasteiger partial charge in [0.1, 0.15) is 0 Å². The van der Waals surface area contributed by atoms with Gasteiger partial charge >= 0.3 is 0 Å². The Labute approximate surface area is 167 Å². The Morgan fingerprint density at radius 3 is 2.52 bits per heavy atom. The topological polar surface area (TPSA) is 74.5 Å². The zero-order valence-corrected chi connectivity index (χ0v) is 16.3. The molecule has 29 heavy (non-hydrogen) atoms. The van der Waals surface area contributed by atoms with Gasteiger partial charge in [-0.2, -0.15) is 15.3 Å². The lowest BCUT2D eigenvalue weighted by molar-refractivity contribution is 0.123. The van der Waals surface area contributed by atoms with Crippen LogP contribution in [0.2, 0.25) is 0 Å². The van der Waals surface area contributed by atoms with Crippen LogP contribution in [0.15, 0.2) is 42.7 Å². The van der Waals surface area contributed by atoms with Crippen molar-refractivity contribution >= 4 is 27.5 Å². The third kappa shape index (κ3) is 2.92. The van der Waals surface area contributed by atoms with E-state index in [1.165, 1.54) is 5.69 Å². The van der Waals surface area contributed by atoms with Crippen molar-refractivity contribution in [1.29, 1.82) is 0 Å². The van der Waals surface area contributed by atoms with Crippen LogP contribution >= 0.6 is 0 Å². The highest BCUT2D eigenvalue weighted by atomic mass is 16.5. The monoisotopic (exact) mass is 391 g/mol. The molecule has 8 nitrogen and oxygen atoms in total. The molecule has 0 saturated carbocycles. The Kier molecular flexibility index (Phi) is 4.40. The van der Waals surface area contributed by atoms with E-state index in [2.05, 4.69) is 38.4 Å². The lowest BCUT2D eigenvalue weighted by atomic mass is 10.1. The third-order valence-electron chi connectivity index (χ3n) is 5.29. The summed E-state index contributed by atoms with van der Waals surface area (Å²) in [5.74, 6) is 1.26. The van der Waals surface area contributed by atoms with Crippen molar-refractivity contribution in [2.75, 3.05) is 45.4 Å². The second kappa shape index (κ2) is 7.21. The van der Waals surface area contributed by atoms with Crippen LogP contribution in [-0.2, 0) is 4.74 Å². The summed E-state index contributed by atoms with van der Waals surface area (Å²) in [5.41, 5.74) is 3.74. The average Bonchev–Trinajstić information content (AvgIpc) is 3.22. The molecule has 1 aliphatic rings. The highest BCUT2D eigenvalue weighted by Crippen LogP contribution is 2.35. The molecule has 0 aliphatic carbocycles. The number of aromatic nitrogens is 4. The van der Waals surface area contributed by atoms with E-state index in [1.807, 2.05) is 23.0 Å². The Morgan fingerprint density at radius 1 is 0.931 bits per heavy atom. The summed E-state index contributed by atoms with van der Waals surface area (Å²) in [4.78, 5) is 2.34. The Balaban J connectivity index is 1.69. The van der Waals surface area contributed by atoms with Crippen molar-refractivity contribution in [2.24, 2.45) is 0 Å². The summed E-state index contributed by atoms with van der Waals surface area (Å²) in [6, 6.07) is 10.0. The van der Waals surface area contributed by atoms with Crippen LogP contribution in [0, 0.1) is 0 Å². The van der Waals surface area contributed by atoms with E-state index in [0.29, 0.717) is 17.0 Å². The second-order valence-electron chi connectivity index (χ2n) is 6.82. The smallest absolute Gasteiger partial charge is 0.162 e. The van der Waals surface area contributed by atoms with Gasteiger partial charge in [-0.25, -0.2) is 4.68 Å². The molecule has 0 amide bonds. The first-order valence-corrected chi connectivity index (χ1v) is 9.47. The highest BCUT2D eigenvalue weighted by molar-refractivity contribution is 5.96. The number of hydrogen-bond donors (Lipinski definition) is 0. The van der Waals surface area contributed by atoms with Crippen LogP contribution in [-0.4, -0.2) is 60.5 Å². The van der Waals surface area contributed by atoms with Gasteiger partial charge in [0.25, 0.3) is 0 Å². The van der Waals surface area contributed by atoms with Crippen LogP contribution in [0.25, 0.3) is 27.5 Å². The van der Waals surface area contributed by atoms with Gasteiger partial charge in [-0.3, -0.25) is 0 Å². The minimum Gasteiger partial charge on any atom is -0.493 e. The molecule has 1 fully saturated rings. The van der Waals surface area contributed by atoms with E-state index in [1.54, 1.807) is 20.4 Å². The molecule has 8 heteroatoms. The molecule has 1 saturated heterocycles.